The normalized spacial score (nSPS) is 13.3. The molecule has 0 radical (unpaired) electrons. The first-order chi connectivity index (χ1) is 8.25. The molecule has 0 aliphatic rings. The Morgan fingerprint density at radius 3 is 2.39 bits per heavy atom. The van der Waals surface area contributed by atoms with Gasteiger partial charge >= 0.3 is 0 Å². The largest absolute Gasteiger partial charge is 0.399 e. The molecule has 0 saturated heterocycles. The molecule has 18 heavy (non-hydrogen) atoms. The number of hydrogen-bond acceptors (Lipinski definition) is 4. The molecule has 100 valence electrons. The Balaban J connectivity index is 3.04. The number of nitrogens with one attached hydrogen (secondary N) is 1. The molecule has 6 heteroatoms. The van der Waals surface area contributed by atoms with Gasteiger partial charge in [0.15, 0.2) is 9.84 Å². The van der Waals surface area contributed by atoms with E-state index in [1.165, 1.54) is 19.1 Å². The predicted molar refractivity (Wildman–Crippen MR) is 70.8 cm³/mol. The van der Waals surface area contributed by atoms with Crippen LogP contribution in [0.3, 0.4) is 0 Å². The number of carbonyl (C=O) groups excluding carboxylic acids is 1. The molecule has 3 N–H and O–H groups in total. The number of rotatable bonds is 4. The summed E-state index contributed by atoms with van der Waals surface area (Å²) in [5.41, 5.74) is 5.90. The van der Waals surface area contributed by atoms with Gasteiger partial charge in [0.2, 0.25) is 5.91 Å². The monoisotopic (exact) mass is 270 g/mol. The molecule has 1 aromatic rings. The van der Waals surface area contributed by atoms with Crippen LogP contribution >= 0.6 is 0 Å². The molecular weight excluding hydrogens is 252 g/mol. The fourth-order valence-electron chi connectivity index (χ4n) is 1.44. The number of amides is 1. The van der Waals surface area contributed by atoms with E-state index in [4.69, 9.17) is 5.73 Å². The van der Waals surface area contributed by atoms with Gasteiger partial charge in [-0.05, 0) is 39.0 Å². The summed E-state index contributed by atoms with van der Waals surface area (Å²) in [5, 5.41) is 1.45. The van der Waals surface area contributed by atoms with Crippen LogP contribution < -0.4 is 11.1 Å². The maximum Gasteiger partial charge on any atom is 0.238 e. The van der Waals surface area contributed by atoms with Crippen molar-refractivity contribution in [2.45, 2.75) is 37.0 Å². The van der Waals surface area contributed by atoms with Crippen molar-refractivity contribution in [1.29, 1.82) is 0 Å². The van der Waals surface area contributed by atoms with E-state index in [9.17, 15) is 13.2 Å². The zero-order valence-corrected chi connectivity index (χ0v) is 11.5. The summed E-state index contributed by atoms with van der Waals surface area (Å²) in [6, 6.07) is 5.84. The van der Waals surface area contributed by atoms with Gasteiger partial charge in [-0.2, -0.15) is 0 Å². The molecule has 1 amide bonds. The Kier molecular flexibility index (Phi) is 4.34. The first kappa shape index (κ1) is 14.5. The summed E-state index contributed by atoms with van der Waals surface area (Å²) in [7, 11) is -3.70. The molecule has 0 aromatic heterocycles. The van der Waals surface area contributed by atoms with Crippen molar-refractivity contribution in [3.8, 4) is 0 Å². The van der Waals surface area contributed by atoms with Crippen molar-refractivity contribution in [1.82, 2.24) is 5.32 Å². The van der Waals surface area contributed by atoms with Crippen molar-refractivity contribution in [3.63, 3.8) is 0 Å². The standard InChI is InChI=1S/C12H18N2O3S/c1-8(2)14-12(15)9(3)18(16,17)11-6-4-5-10(13)7-11/h4-9H,13H2,1-3H3,(H,14,15). The van der Waals surface area contributed by atoms with E-state index in [2.05, 4.69) is 5.32 Å². The van der Waals surface area contributed by atoms with Gasteiger partial charge in [0, 0.05) is 11.7 Å². The SMILES string of the molecule is CC(C)NC(=O)C(C)S(=O)(=O)c1cccc(N)c1. The number of nitrogens with two attached hydrogens (primary N) is 1. The smallest absolute Gasteiger partial charge is 0.238 e. The summed E-state index contributed by atoms with van der Waals surface area (Å²) in [6.45, 7) is 4.92. The number of carbonyl (C=O) groups is 1. The van der Waals surface area contributed by atoms with E-state index < -0.39 is 21.0 Å². The van der Waals surface area contributed by atoms with Crippen LogP contribution in [-0.2, 0) is 14.6 Å². The quantitative estimate of drug-likeness (QED) is 0.797. The third kappa shape index (κ3) is 3.22. The average molecular weight is 270 g/mol. The number of benzene rings is 1. The molecule has 1 atom stereocenters. The van der Waals surface area contributed by atoms with E-state index in [1.807, 2.05) is 0 Å². The van der Waals surface area contributed by atoms with Crippen LogP contribution in [-0.4, -0.2) is 25.6 Å². The zero-order valence-electron chi connectivity index (χ0n) is 10.7. The lowest BCUT2D eigenvalue weighted by atomic mass is 10.3. The first-order valence-electron chi connectivity index (χ1n) is 5.65. The fourth-order valence-corrected chi connectivity index (χ4v) is 2.77. The first-order valence-corrected chi connectivity index (χ1v) is 7.19. The highest BCUT2D eigenvalue weighted by molar-refractivity contribution is 7.92. The van der Waals surface area contributed by atoms with Crippen LogP contribution in [0.25, 0.3) is 0 Å². The van der Waals surface area contributed by atoms with Gasteiger partial charge in [-0.3, -0.25) is 4.79 Å². The lowest BCUT2D eigenvalue weighted by molar-refractivity contribution is -0.120. The summed E-state index contributed by atoms with van der Waals surface area (Å²) in [5.74, 6) is -0.507. The Morgan fingerprint density at radius 1 is 1.28 bits per heavy atom. The predicted octanol–water partition coefficient (Wildman–Crippen LogP) is 0.956. The van der Waals surface area contributed by atoms with Crippen molar-refractivity contribution >= 4 is 21.4 Å². The van der Waals surface area contributed by atoms with Gasteiger partial charge in [-0.25, -0.2) is 8.42 Å². The Bertz CT molecular complexity index is 538. The second-order valence-electron chi connectivity index (χ2n) is 4.42. The molecule has 1 aromatic carbocycles. The third-order valence-electron chi connectivity index (χ3n) is 2.45. The molecule has 0 spiro atoms. The highest BCUT2D eigenvalue weighted by atomic mass is 32.2. The van der Waals surface area contributed by atoms with Crippen LogP contribution in [0.15, 0.2) is 29.2 Å². The van der Waals surface area contributed by atoms with Gasteiger partial charge in [0.25, 0.3) is 0 Å². The van der Waals surface area contributed by atoms with E-state index in [0.717, 1.165) is 0 Å². The molecule has 5 nitrogen and oxygen atoms in total. The van der Waals surface area contributed by atoms with Crippen molar-refractivity contribution in [3.05, 3.63) is 24.3 Å². The van der Waals surface area contributed by atoms with Crippen LogP contribution in [0.5, 0.6) is 0 Å². The van der Waals surface area contributed by atoms with Gasteiger partial charge in [0.1, 0.15) is 5.25 Å². The van der Waals surface area contributed by atoms with Crippen molar-refractivity contribution < 1.29 is 13.2 Å². The molecule has 0 bridgehead atoms. The summed E-state index contributed by atoms with van der Waals surface area (Å²) in [4.78, 5) is 11.8. The summed E-state index contributed by atoms with van der Waals surface area (Å²) in [6.07, 6.45) is 0. The topological polar surface area (TPSA) is 89.3 Å². The minimum absolute atomic E-state index is 0.0638. The average Bonchev–Trinajstić information content (AvgIpc) is 2.27. The molecular formula is C12H18N2O3S. The summed E-state index contributed by atoms with van der Waals surface area (Å²) >= 11 is 0. The fraction of sp³-hybridized carbons (Fsp3) is 0.417. The van der Waals surface area contributed by atoms with Crippen molar-refractivity contribution in [2.24, 2.45) is 0 Å². The molecule has 0 aliphatic heterocycles. The van der Waals surface area contributed by atoms with Crippen LogP contribution in [0.2, 0.25) is 0 Å². The molecule has 1 rings (SSSR count). The van der Waals surface area contributed by atoms with Gasteiger partial charge in [-0.15, -0.1) is 0 Å². The van der Waals surface area contributed by atoms with E-state index in [0.29, 0.717) is 5.69 Å². The molecule has 0 aliphatic carbocycles. The number of nitrogen functional groups attached to an aromatic ring is 1. The Labute approximate surface area is 107 Å². The van der Waals surface area contributed by atoms with E-state index in [-0.39, 0.29) is 10.9 Å². The van der Waals surface area contributed by atoms with Crippen LogP contribution in [0.4, 0.5) is 5.69 Å². The van der Waals surface area contributed by atoms with Crippen LogP contribution in [0, 0.1) is 0 Å². The minimum atomic E-state index is -3.70. The second kappa shape index (κ2) is 5.39. The van der Waals surface area contributed by atoms with Gasteiger partial charge < -0.3 is 11.1 Å². The maximum atomic E-state index is 12.2. The number of hydrogen-bond donors (Lipinski definition) is 2. The Morgan fingerprint density at radius 2 is 1.89 bits per heavy atom. The zero-order chi connectivity index (χ0) is 13.9. The Hall–Kier alpha value is -1.56. The van der Waals surface area contributed by atoms with Crippen molar-refractivity contribution in [2.75, 3.05) is 5.73 Å². The summed E-state index contributed by atoms with van der Waals surface area (Å²) < 4.78 is 24.4. The lowest BCUT2D eigenvalue weighted by Crippen LogP contribution is -2.41. The number of anilines is 1. The van der Waals surface area contributed by atoms with Crippen LogP contribution in [0.1, 0.15) is 20.8 Å². The third-order valence-corrected chi connectivity index (χ3v) is 4.51. The maximum absolute atomic E-state index is 12.2. The molecule has 1 unspecified atom stereocenters. The second-order valence-corrected chi connectivity index (χ2v) is 6.69. The minimum Gasteiger partial charge on any atom is -0.399 e. The van der Waals surface area contributed by atoms with E-state index >= 15 is 0 Å². The van der Waals surface area contributed by atoms with Gasteiger partial charge in [-0.1, -0.05) is 6.07 Å². The number of sulfone groups is 1. The van der Waals surface area contributed by atoms with E-state index in [1.54, 1.807) is 26.0 Å². The molecule has 0 heterocycles. The highest BCUT2D eigenvalue weighted by Gasteiger charge is 2.29. The molecule has 0 saturated carbocycles. The molecule has 0 fully saturated rings. The lowest BCUT2D eigenvalue weighted by Gasteiger charge is -2.15. The van der Waals surface area contributed by atoms with Gasteiger partial charge in [0.05, 0.1) is 4.90 Å². The highest BCUT2D eigenvalue weighted by Crippen LogP contribution is 2.18.